The predicted molar refractivity (Wildman–Crippen MR) is 39.0 cm³/mol. The molecule has 2 atom stereocenters. The molecule has 56 valence electrons. The smallest absolute Gasteiger partial charge is 0.222 e. The van der Waals surface area contributed by atoms with Crippen LogP contribution in [-0.2, 0) is 4.79 Å². The molecule has 1 aliphatic carbocycles. The highest BCUT2D eigenvalue weighted by molar-refractivity contribution is 5.78. The van der Waals surface area contributed by atoms with E-state index in [-0.39, 0.29) is 17.9 Å². The summed E-state index contributed by atoms with van der Waals surface area (Å²) in [5.41, 5.74) is 8.49. The number of carbonyl (C=O) groups is 1. The molecule has 0 unspecified atom stereocenters. The van der Waals surface area contributed by atoms with E-state index in [9.17, 15) is 4.79 Å². The number of hydrogen-bond donors (Lipinski definition) is 2. The molecule has 0 aliphatic heterocycles. The van der Waals surface area contributed by atoms with Gasteiger partial charge in [-0.05, 0) is 12.8 Å². The zero-order valence-corrected chi connectivity index (χ0v) is 5.76. The molecule has 3 heteroatoms. The third kappa shape index (κ3) is 1.19. The van der Waals surface area contributed by atoms with Gasteiger partial charge in [0, 0.05) is 6.04 Å². The van der Waals surface area contributed by atoms with Crippen molar-refractivity contribution in [3.05, 3.63) is 12.2 Å². The van der Waals surface area contributed by atoms with E-state index in [2.05, 4.69) is 6.58 Å². The van der Waals surface area contributed by atoms with E-state index in [0.717, 1.165) is 5.57 Å². The van der Waals surface area contributed by atoms with E-state index in [4.69, 9.17) is 7.15 Å². The number of nitrogens with two attached hydrogens (primary N) is 2. The summed E-state index contributed by atoms with van der Waals surface area (Å²) in [6.45, 7) is 3.75. The van der Waals surface area contributed by atoms with Crippen LogP contribution in [0.25, 0.3) is 0 Å². The van der Waals surface area contributed by atoms with Gasteiger partial charge in [0.15, 0.2) is 1.41 Å². The Bertz CT molecular complexity index is 193. The Balaban J connectivity index is 2.59. The van der Waals surface area contributed by atoms with Crippen LogP contribution in [0.2, 0.25) is 1.41 Å². The number of hydrogen-bond acceptors (Lipinski definition) is 2. The predicted octanol–water partition coefficient (Wildman–Crippen LogP) is -0.235. The van der Waals surface area contributed by atoms with Crippen LogP contribution < -0.4 is 11.5 Å². The molecule has 1 saturated carbocycles. The largest absolute Gasteiger partial charge is 0.369 e. The molecular formula is C7H12N2O. The first kappa shape index (κ1) is 5.92. The molecule has 4 N–H and O–H groups in total. The molecule has 10 heavy (non-hydrogen) atoms. The molecule has 1 amide bonds. The summed E-state index contributed by atoms with van der Waals surface area (Å²) in [5.74, 6) is -0.531. The quantitative estimate of drug-likeness (QED) is 0.495. The van der Waals surface area contributed by atoms with Gasteiger partial charge in [-0.3, -0.25) is 4.79 Å². The van der Waals surface area contributed by atoms with E-state index >= 15 is 0 Å². The Kier molecular flexibility index (Phi) is 1.43. The van der Waals surface area contributed by atoms with Gasteiger partial charge < -0.3 is 11.5 Å². The van der Waals surface area contributed by atoms with Crippen LogP contribution in [0.5, 0.6) is 0 Å². The summed E-state index contributed by atoms with van der Waals surface area (Å²) < 4.78 is 6.64. The highest BCUT2D eigenvalue weighted by Crippen LogP contribution is 2.27. The van der Waals surface area contributed by atoms with Crippen molar-refractivity contribution >= 4 is 5.91 Å². The monoisotopic (exact) mass is 141 g/mol. The molecule has 1 fully saturated rings. The minimum atomic E-state index is -0.295. The fourth-order valence-electron chi connectivity index (χ4n) is 1.31. The van der Waals surface area contributed by atoms with Crippen LogP contribution in [0, 0.1) is 5.92 Å². The molecule has 0 aromatic carbocycles. The highest BCUT2D eigenvalue weighted by atomic mass is 16.1. The summed E-state index contributed by atoms with van der Waals surface area (Å²) >= 11 is 0. The van der Waals surface area contributed by atoms with Crippen molar-refractivity contribution in [1.82, 2.24) is 0 Å². The van der Waals surface area contributed by atoms with E-state index in [1.807, 2.05) is 5.73 Å². The molecule has 0 heterocycles. The minimum Gasteiger partial charge on any atom is -0.369 e. The van der Waals surface area contributed by atoms with Crippen LogP contribution in [0.15, 0.2) is 12.2 Å². The lowest BCUT2D eigenvalue weighted by Crippen LogP contribution is -2.34. The molecule has 0 aromatic rings. The summed E-state index contributed by atoms with van der Waals surface area (Å²) in [7, 11) is 0. The van der Waals surface area contributed by atoms with Crippen LogP contribution in [0.4, 0.5) is 0 Å². The van der Waals surface area contributed by atoms with Crippen LogP contribution in [0.3, 0.4) is 0 Å². The average Bonchev–Trinajstić information content (AvgIpc) is 2.28. The summed E-state index contributed by atoms with van der Waals surface area (Å²) in [5, 5.41) is 0. The van der Waals surface area contributed by atoms with Crippen molar-refractivity contribution in [3.8, 4) is 0 Å². The first-order chi connectivity index (χ1) is 5.15. The zero-order chi connectivity index (χ0) is 8.43. The highest BCUT2D eigenvalue weighted by Gasteiger charge is 2.30. The molecule has 0 spiro atoms. The van der Waals surface area contributed by atoms with Crippen molar-refractivity contribution in [3.63, 3.8) is 0 Å². The van der Waals surface area contributed by atoms with Crippen molar-refractivity contribution < 1.29 is 6.21 Å². The Hall–Kier alpha value is -0.830. The first-order valence-electron chi connectivity index (χ1n) is 3.79. The summed E-state index contributed by atoms with van der Waals surface area (Å²) in [6, 6.07) is -0.146. The fourth-order valence-corrected chi connectivity index (χ4v) is 1.31. The minimum absolute atomic E-state index is 0.146. The summed E-state index contributed by atoms with van der Waals surface area (Å²) in [4.78, 5) is 11.0. The Morgan fingerprint density at radius 2 is 2.50 bits per heavy atom. The van der Waals surface area contributed by atoms with Gasteiger partial charge >= 0.3 is 0 Å². The van der Waals surface area contributed by atoms with Crippen LogP contribution >= 0.6 is 0 Å². The third-order valence-electron chi connectivity index (χ3n) is 1.89. The van der Waals surface area contributed by atoms with Gasteiger partial charge in [0.1, 0.15) is 0 Å². The fraction of sp³-hybridized carbons (Fsp3) is 0.571. The van der Waals surface area contributed by atoms with Crippen molar-refractivity contribution in [2.75, 3.05) is 0 Å². The van der Waals surface area contributed by atoms with Gasteiger partial charge in [0.25, 0.3) is 0 Å². The molecule has 1 rings (SSSR count). The van der Waals surface area contributed by atoms with Crippen LogP contribution in [-0.4, -0.2) is 11.9 Å². The summed E-state index contributed by atoms with van der Waals surface area (Å²) in [6.07, 6.45) is 1.34. The SMILES string of the molecule is [2H]NC(=O)[C@H]1CC(=C)C[C@@H]1N. The van der Waals surface area contributed by atoms with Crippen LogP contribution in [0.1, 0.15) is 12.8 Å². The van der Waals surface area contributed by atoms with Crippen molar-refractivity contribution in [1.29, 1.82) is 0 Å². The van der Waals surface area contributed by atoms with E-state index in [1.165, 1.54) is 0 Å². The number of rotatable bonds is 1. The molecular weight excluding hydrogens is 128 g/mol. The first-order valence-corrected chi connectivity index (χ1v) is 3.29. The van der Waals surface area contributed by atoms with Gasteiger partial charge in [0.2, 0.25) is 5.91 Å². The van der Waals surface area contributed by atoms with Crippen molar-refractivity contribution in [2.24, 2.45) is 17.4 Å². The number of primary amides is 1. The number of amides is 1. The Labute approximate surface area is 61.5 Å². The van der Waals surface area contributed by atoms with E-state index < -0.39 is 0 Å². The second kappa shape index (κ2) is 2.42. The molecule has 0 saturated heterocycles. The van der Waals surface area contributed by atoms with Gasteiger partial charge in [0.05, 0.1) is 5.92 Å². The normalized spacial score (nSPS) is 33.7. The average molecular weight is 141 g/mol. The third-order valence-corrected chi connectivity index (χ3v) is 1.89. The van der Waals surface area contributed by atoms with Gasteiger partial charge in [-0.15, -0.1) is 0 Å². The standard InChI is InChI=1S/C7H12N2O/c1-4-2-5(7(9)10)6(8)3-4/h5-6H,1-3,8H2,(H2,9,10)/t5-,6-/m0/s1/i/hD. The molecule has 0 bridgehead atoms. The van der Waals surface area contributed by atoms with Crippen molar-refractivity contribution in [2.45, 2.75) is 18.9 Å². The molecule has 0 aromatic heterocycles. The lowest BCUT2D eigenvalue weighted by Gasteiger charge is -2.08. The maximum absolute atomic E-state index is 11.0. The molecule has 0 radical (unpaired) electrons. The number of carbonyl (C=O) groups excluding carboxylic acids is 1. The second-order valence-corrected chi connectivity index (χ2v) is 2.79. The van der Waals surface area contributed by atoms with Gasteiger partial charge in [-0.1, -0.05) is 12.2 Å². The Morgan fingerprint density at radius 3 is 2.90 bits per heavy atom. The maximum Gasteiger partial charge on any atom is 0.222 e. The second-order valence-electron chi connectivity index (χ2n) is 2.79. The molecule has 3 nitrogen and oxygen atoms in total. The van der Waals surface area contributed by atoms with E-state index in [1.54, 1.807) is 0 Å². The van der Waals surface area contributed by atoms with Gasteiger partial charge in [-0.2, -0.15) is 0 Å². The zero-order valence-electron chi connectivity index (χ0n) is 6.76. The lowest BCUT2D eigenvalue weighted by molar-refractivity contribution is -0.121. The molecule has 1 aliphatic rings. The van der Waals surface area contributed by atoms with E-state index in [0.29, 0.717) is 12.8 Å². The maximum atomic E-state index is 11.0. The Morgan fingerprint density at radius 1 is 1.80 bits per heavy atom. The lowest BCUT2D eigenvalue weighted by atomic mass is 10.0. The van der Waals surface area contributed by atoms with Gasteiger partial charge in [-0.25, -0.2) is 0 Å². The topological polar surface area (TPSA) is 69.1 Å².